The van der Waals surface area contributed by atoms with E-state index in [1.165, 1.54) is 0 Å². The van der Waals surface area contributed by atoms with Crippen LogP contribution in [0.15, 0.2) is 12.1 Å². The van der Waals surface area contributed by atoms with E-state index in [1.807, 2.05) is 19.1 Å². The van der Waals surface area contributed by atoms with E-state index in [-0.39, 0.29) is 23.5 Å². The van der Waals surface area contributed by atoms with E-state index in [0.29, 0.717) is 12.2 Å². The maximum atomic E-state index is 13.4. The van der Waals surface area contributed by atoms with Gasteiger partial charge in [-0.1, -0.05) is 12.1 Å². The summed E-state index contributed by atoms with van der Waals surface area (Å²) in [4.78, 5) is 25.9. The van der Waals surface area contributed by atoms with Crippen molar-refractivity contribution in [1.82, 2.24) is 9.88 Å². The van der Waals surface area contributed by atoms with E-state index in [1.54, 1.807) is 0 Å². The molecule has 144 valence electrons. The van der Waals surface area contributed by atoms with Crippen molar-refractivity contribution in [3.8, 4) is 0 Å². The molecular weight excluding hydrogens is 340 g/mol. The van der Waals surface area contributed by atoms with Crippen LogP contribution in [-0.2, 0) is 4.79 Å². The van der Waals surface area contributed by atoms with Crippen molar-refractivity contribution in [3.63, 3.8) is 0 Å². The van der Waals surface area contributed by atoms with Crippen LogP contribution < -0.4 is 4.90 Å². The number of nitrogens with zero attached hydrogens (tertiary/aromatic N) is 4. The second-order valence-corrected chi connectivity index (χ2v) is 8.42. The summed E-state index contributed by atoms with van der Waals surface area (Å²) in [5.41, 5.74) is 1.14. The molecular formula is C21H28N4O2. The lowest BCUT2D eigenvalue weighted by molar-refractivity contribution is -0.139. The third-order valence-corrected chi connectivity index (χ3v) is 6.64. The molecule has 2 aliphatic heterocycles. The average Bonchev–Trinajstić information content (AvgIpc) is 2.98. The molecule has 0 bridgehead atoms. The first kappa shape index (κ1) is 18.2. The van der Waals surface area contributed by atoms with Gasteiger partial charge in [-0.05, 0) is 51.9 Å². The molecule has 1 aromatic rings. The first-order chi connectivity index (χ1) is 13.0. The molecule has 0 unspecified atom stereocenters. The van der Waals surface area contributed by atoms with E-state index >= 15 is 0 Å². The lowest BCUT2D eigenvalue weighted by Gasteiger charge is -2.41. The van der Waals surface area contributed by atoms with Gasteiger partial charge >= 0.3 is 0 Å². The molecule has 3 aliphatic rings. The van der Waals surface area contributed by atoms with Crippen LogP contribution in [-0.4, -0.2) is 52.7 Å². The molecule has 1 aromatic heterocycles. The lowest BCUT2D eigenvalue weighted by Crippen LogP contribution is -2.50. The topological polar surface area (TPSA) is 61.0 Å². The van der Waals surface area contributed by atoms with Crippen LogP contribution in [0.2, 0.25) is 0 Å². The maximum Gasteiger partial charge on any atom is 0.230 e. The number of amides is 1. The highest BCUT2D eigenvalue weighted by Gasteiger charge is 2.50. The summed E-state index contributed by atoms with van der Waals surface area (Å²) in [7, 11) is 0. The molecule has 27 heavy (non-hydrogen) atoms. The van der Waals surface area contributed by atoms with Gasteiger partial charge in [-0.3, -0.25) is 4.79 Å². The van der Waals surface area contributed by atoms with Gasteiger partial charge in [0.2, 0.25) is 11.6 Å². The minimum absolute atomic E-state index is 0.197. The zero-order valence-electron chi connectivity index (χ0n) is 16.0. The zero-order valence-corrected chi connectivity index (χ0v) is 16.0. The van der Waals surface area contributed by atoms with Gasteiger partial charge in [0, 0.05) is 31.4 Å². The predicted molar refractivity (Wildman–Crippen MR) is 104 cm³/mol. The second kappa shape index (κ2) is 7.12. The molecule has 6 heteroatoms. The summed E-state index contributed by atoms with van der Waals surface area (Å²) >= 11 is 0. The number of hydrogen-bond acceptors (Lipinski definition) is 4. The van der Waals surface area contributed by atoms with Crippen LogP contribution >= 0.6 is 0 Å². The molecule has 1 spiro atoms. The summed E-state index contributed by atoms with van der Waals surface area (Å²) in [6.45, 7) is 11.7. The van der Waals surface area contributed by atoms with Crippen LogP contribution in [0.1, 0.15) is 50.6 Å². The number of aliphatic hydroxyl groups is 1. The number of pyridine rings is 1. The maximum absolute atomic E-state index is 13.4. The molecule has 6 nitrogen and oxygen atoms in total. The average molecular weight is 368 g/mol. The third-order valence-electron chi connectivity index (χ3n) is 6.64. The van der Waals surface area contributed by atoms with Crippen molar-refractivity contribution >= 4 is 17.4 Å². The summed E-state index contributed by atoms with van der Waals surface area (Å²) in [5.74, 6) is 1.02. The van der Waals surface area contributed by atoms with Gasteiger partial charge in [0.05, 0.1) is 18.1 Å². The number of aryl methyl sites for hydroxylation is 1. The van der Waals surface area contributed by atoms with Crippen LogP contribution in [0, 0.1) is 18.9 Å². The number of hydrogen-bond donors (Lipinski definition) is 1. The van der Waals surface area contributed by atoms with Crippen molar-refractivity contribution < 1.29 is 9.90 Å². The highest BCUT2D eigenvalue weighted by atomic mass is 16.3. The highest BCUT2D eigenvalue weighted by molar-refractivity contribution is 5.86. The van der Waals surface area contributed by atoms with Gasteiger partial charge in [-0.25, -0.2) is 9.83 Å². The van der Waals surface area contributed by atoms with Gasteiger partial charge in [0.25, 0.3) is 0 Å². The van der Waals surface area contributed by atoms with Crippen molar-refractivity contribution in [2.24, 2.45) is 5.41 Å². The molecule has 1 N–H and O–H groups in total. The molecule has 1 atom stereocenters. The Morgan fingerprint density at radius 2 is 2.00 bits per heavy atom. The van der Waals surface area contributed by atoms with Crippen LogP contribution in [0.25, 0.3) is 4.85 Å². The van der Waals surface area contributed by atoms with E-state index in [9.17, 15) is 9.90 Å². The van der Waals surface area contributed by atoms with Crippen LogP contribution in [0.4, 0.5) is 11.5 Å². The first-order valence-corrected chi connectivity index (χ1v) is 10.1. The zero-order chi connectivity index (χ0) is 19.0. The SMILES string of the molecule is [C-]#[N+]c1ccc(C)nc1N1CCC[C@]2(CCN([C@H]3CC[C@H](O)CC3)C2=O)C1. The quantitative estimate of drug-likeness (QED) is 0.815. The van der Waals surface area contributed by atoms with Gasteiger partial charge in [0.15, 0.2) is 0 Å². The number of rotatable bonds is 2. The summed E-state index contributed by atoms with van der Waals surface area (Å²) in [5, 5.41) is 9.77. The molecule has 0 radical (unpaired) electrons. The van der Waals surface area contributed by atoms with Crippen molar-refractivity contribution in [1.29, 1.82) is 0 Å². The Bertz CT molecular complexity index is 766. The van der Waals surface area contributed by atoms with Crippen molar-refractivity contribution in [2.75, 3.05) is 24.5 Å². The molecule has 2 saturated heterocycles. The molecule has 1 saturated carbocycles. The normalized spacial score (nSPS) is 31.4. The first-order valence-electron chi connectivity index (χ1n) is 10.1. The predicted octanol–water partition coefficient (Wildman–Crippen LogP) is 3.06. The van der Waals surface area contributed by atoms with Crippen LogP contribution in [0.5, 0.6) is 0 Å². The van der Waals surface area contributed by atoms with E-state index in [0.717, 1.165) is 69.5 Å². The molecule has 1 amide bonds. The summed E-state index contributed by atoms with van der Waals surface area (Å²) in [6, 6.07) is 3.99. The highest BCUT2D eigenvalue weighted by Crippen LogP contribution is 2.44. The molecule has 1 aliphatic carbocycles. The molecule has 4 rings (SSSR count). The fourth-order valence-electron chi connectivity index (χ4n) is 5.11. The van der Waals surface area contributed by atoms with Crippen molar-refractivity contribution in [2.45, 2.75) is 64.0 Å². The number of likely N-dealkylation sites (tertiary alicyclic amines) is 1. The van der Waals surface area contributed by atoms with E-state index in [4.69, 9.17) is 6.57 Å². The fraction of sp³-hybridized carbons (Fsp3) is 0.667. The smallest absolute Gasteiger partial charge is 0.230 e. The van der Waals surface area contributed by atoms with E-state index < -0.39 is 0 Å². The Hall–Kier alpha value is -2.13. The minimum Gasteiger partial charge on any atom is -0.393 e. The largest absolute Gasteiger partial charge is 0.393 e. The van der Waals surface area contributed by atoms with Gasteiger partial charge in [0.1, 0.15) is 5.82 Å². The van der Waals surface area contributed by atoms with Gasteiger partial charge < -0.3 is 14.9 Å². The van der Waals surface area contributed by atoms with Gasteiger partial charge in [-0.15, -0.1) is 0 Å². The molecule has 3 heterocycles. The number of aromatic nitrogens is 1. The molecule has 0 aromatic carbocycles. The Kier molecular flexibility index (Phi) is 4.81. The monoisotopic (exact) mass is 368 g/mol. The number of piperidine rings is 1. The number of carbonyl (C=O) groups is 1. The molecule has 3 fully saturated rings. The second-order valence-electron chi connectivity index (χ2n) is 8.42. The van der Waals surface area contributed by atoms with E-state index in [2.05, 4.69) is 19.6 Å². The Morgan fingerprint density at radius 3 is 2.74 bits per heavy atom. The number of aliphatic hydroxyl groups excluding tert-OH is 1. The Balaban J connectivity index is 1.54. The Labute approximate surface area is 161 Å². The number of carbonyl (C=O) groups excluding carboxylic acids is 1. The minimum atomic E-state index is -0.334. The Morgan fingerprint density at radius 1 is 1.22 bits per heavy atom. The number of anilines is 1. The summed E-state index contributed by atoms with van der Waals surface area (Å²) in [6.07, 6.45) is 5.99. The summed E-state index contributed by atoms with van der Waals surface area (Å²) < 4.78 is 0. The van der Waals surface area contributed by atoms with Gasteiger partial charge in [-0.2, -0.15) is 0 Å². The van der Waals surface area contributed by atoms with Crippen LogP contribution in [0.3, 0.4) is 0 Å². The standard InChI is InChI=1S/C21H28N4O2/c1-15-4-9-18(22-2)19(23-15)24-12-3-10-21(14-24)11-13-25(20(21)27)16-5-7-17(26)8-6-16/h4,9,16-17,26H,3,5-8,10-14H2,1H3/t16-,17-,21-/m0/s1. The van der Waals surface area contributed by atoms with Crippen molar-refractivity contribution in [3.05, 3.63) is 29.2 Å². The fourth-order valence-corrected chi connectivity index (χ4v) is 5.11. The third kappa shape index (κ3) is 3.29. The lowest BCUT2D eigenvalue weighted by atomic mass is 9.78.